The van der Waals surface area contributed by atoms with Crippen LogP contribution >= 0.6 is 11.6 Å². The fourth-order valence-electron chi connectivity index (χ4n) is 2.66. The Morgan fingerprint density at radius 1 is 1.19 bits per heavy atom. The first-order valence-electron chi connectivity index (χ1n) is 7.28. The van der Waals surface area contributed by atoms with Crippen molar-refractivity contribution in [1.82, 2.24) is 9.88 Å². The third-order valence-electron chi connectivity index (χ3n) is 3.81. The lowest BCUT2D eigenvalue weighted by Crippen LogP contribution is -2.33. The maximum Gasteiger partial charge on any atom is 0.122 e. The molecule has 21 heavy (non-hydrogen) atoms. The molecule has 0 saturated carbocycles. The summed E-state index contributed by atoms with van der Waals surface area (Å²) in [4.78, 5) is 6.59. The van der Waals surface area contributed by atoms with Gasteiger partial charge in [-0.1, -0.05) is 24.3 Å². The van der Waals surface area contributed by atoms with E-state index in [4.69, 9.17) is 16.3 Å². The van der Waals surface area contributed by atoms with Gasteiger partial charge in [0, 0.05) is 31.9 Å². The van der Waals surface area contributed by atoms with Crippen LogP contribution in [0.1, 0.15) is 16.8 Å². The summed E-state index contributed by atoms with van der Waals surface area (Å²) in [5, 5.41) is 0. The van der Waals surface area contributed by atoms with Crippen LogP contribution in [0.15, 0.2) is 42.6 Å². The van der Waals surface area contributed by atoms with Crippen molar-refractivity contribution >= 4 is 11.6 Å². The van der Waals surface area contributed by atoms with Crippen molar-refractivity contribution < 1.29 is 4.74 Å². The van der Waals surface area contributed by atoms with Gasteiger partial charge < -0.3 is 4.74 Å². The van der Waals surface area contributed by atoms with E-state index in [-0.39, 0.29) is 0 Å². The van der Waals surface area contributed by atoms with Crippen molar-refractivity contribution in [2.45, 2.75) is 18.8 Å². The van der Waals surface area contributed by atoms with Crippen LogP contribution in [0.4, 0.5) is 0 Å². The molecule has 3 nitrogen and oxygen atoms in total. The number of benzene rings is 1. The van der Waals surface area contributed by atoms with E-state index >= 15 is 0 Å². The molecule has 1 aliphatic heterocycles. The average molecular weight is 303 g/mol. The summed E-state index contributed by atoms with van der Waals surface area (Å²) >= 11 is 5.78. The molecule has 0 aliphatic carbocycles. The second-order valence-electron chi connectivity index (χ2n) is 5.26. The quantitative estimate of drug-likeness (QED) is 0.793. The van der Waals surface area contributed by atoms with Crippen LogP contribution in [0, 0.1) is 0 Å². The molecule has 0 atom stereocenters. The fourth-order valence-corrected chi connectivity index (χ4v) is 2.80. The number of pyridine rings is 1. The number of halogens is 1. The summed E-state index contributed by atoms with van der Waals surface area (Å²) in [5.74, 6) is 1.26. The van der Waals surface area contributed by atoms with E-state index in [0.717, 1.165) is 37.5 Å². The van der Waals surface area contributed by atoms with Gasteiger partial charge in [-0.25, -0.2) is 0 Å². The molecule has 2 aromatic rings. The summed E-state index contributed by atoms with van der Waals surface area (Å²) in [7, 11) is 0. The highest BCUT2D eigenvalue weighted by molar-refractivity contribution is 6.16. The minimum absolute atomic E-state index is 0.417. The molecule has 110 valence electrons. The molecule has 0 amide bonds. The normalized spacial score (nSPS) is 14.7. The summed E-state index contributed by atoms with van der Waals surface area (Å²) in [5.41, 5.74) is 3.77. The molecule has 0 N–H and O–H groups in total. The molecular formula is C17H19ClN2O. The summed E-state index contributed by atoms with van der Waals surface area (Å²) in [6.07, 6.45) is 2.87. The minimum atomic E-state index is 0.417. The van der Waals surface area contributed by atoms with Crippen LogP contribution in [-0.2, 0) is 18.8 Å². The van der Waals surface area contributed by atoms with Crippen molar-refractivity contribution in [2.24, 2.45) is 0 Å². The second kappa shape index (κ2) is 6.92. The topological polar surface area (TPSA) is 25.4 Å². The third kappa shape index (κ3) is 3.74. The van der Waals surface area contributed by atoms with E-state index in [0.29, 0.717) is 12.5 Å². The molecule has 0 bridgehead atoms. The average Bonchev–Trinajstić information content (AvgIpc) is 2.55. The van der Waals surface area contributed by atoms with Crippen LogP contribution in [0.5, 0.6) is 5.75 Å². The zero-order valence-corrected chi connectivity index (χ0v) is 12.7. The number of fused-ring (bicyclic) bond motifs is 1. The van der Waals surface area contributed by atoms with Gasteiger partial charge >= 0.3 is 0 Å². The van der Waals surface area contributed by atoms with Gasteiger partial charge in [-0.05, 0) is 23.6 Å². The molecule has 3 rings (SSSR count). The lowest BCUT2D eigenvalue weighted by Gasteiger charge is -2.28. The number of ether oxygens (including phenoxy) is 1. The number of nitrogens with zero attached hydrogens (tertiary/aromatic N) is 2. The number of hydrogen-bond donors (Lipinski definition) is 0. The van der Waals surface area contributed by atoms with Crippen molar-refractivity contribution in [1.29, 1.82) is 0 Å². The highest BCUT2D eigenvalue weighted by atomic mass is 35.5. The third-order valence-corrected chi connectivity index (χ3v) is 4.08. The summed E-state index contributed by atoms with van der Waals surface area (Å²) < 4.78 is 5.80. The Kier molecular flexibility index (Phi) is 4.73. The summed E-state index contributed by atoms with van der Waals surface area (Å²) in [6.45, 7) is 3.74. The van der Waals surface area contributed by atoms with Crippen LogP contribution in [-0.4, -0.2) is 29.6 Å². The van der Waals surface area contributed by atoms with E-state index < -0.39 is 0 Å². The Hall–Kier alpha value is -1.58. The predicted octanol–water partition coefficient (Wildman–Crippen LogP) is 3.26. The molecular weight excluding hydrogens is 284 g/mol. The van der Waals surface area contributed by atoms with Crippen molar-refractivity contribution in [2.75, 3.05) is 19.7 Å². The second-order valence-corrected chi connectivity index (χ2v) is 5.53. The van der Waals surface area contributed by atoms with Crippen LogP contribution in [0.25, 0.3) is 0 Å². The van der Waals surface area contributed by atoms with Gasteiger partial charge in [0.25, 0.3) is 0 Å². The Balaban J connectivity index is 1.50. The van der Waals surface area contributed by atoms with Gasteiger partial charge in [0.15, 0.2) is 0 Å². The standard InChI is InChI=1S/C17H19ClN2O/c18-12-16-11-17(5-7-19-16)21-10-9-20-8-6-14-3-1-2-4-15(14)13-20/h1-5,7,11H,6,8-10,12-13H2. The zero-order chi connectivity index (χ0) is 14.5. The van der Waals surface area contributed by atoms with E-state index in [2.05, 4.69) is 34.1 Å². The first-order chi connectivity index (χ1) is 10.3. The van der Waals surface area contributed by atoms with Crippen molar-refractivity contribution in [3.8, 4) is 5.75 Å². The van der Waals surface area contributed by atoms with Gasteiger partial charge in [-0.3, -0.25) is 9.88 Å². The maximum atomic E-state index is 5.80. The smallest absolute Gasteiger partial charge is 0.122 e. The first-order valence-corrected chi connectivity index (χ1v) is 7.81. The van der Waals surface area contributed by atoms with Gasteiger partial charge in [0.05, 0.1) is 11.6 Å². The van der Waals surface area contributed by atoms with Crippen molar-refractivity contribution in [3.05, 3.63) is 59.4 Å². The van der Waals surface area contributed by atoms with Gasteiger partial charge in [-0.2, -0.15) is 0 Å². The SMILES string of the molecule is ClCc1cc(OCCN2CCc3ccccc3C2)ccn1. The predicted molar refractivity (Wildman–Crippen MR) is 84.7 cm³/mol. The van der Waals surface area contributed by atoms with E-state index in [1.54, 1.807) is 6.20 Å². The van der Waals surface area contributed by atoms with Gasteiger partial charge in [-0.15, -0.1) is 11.6 Å². The Labute approximate surface area is 130 Å². The zero-order valence-electron chi connectivity index (χ0n) is 12.0. The molecule has 0 radical (unpaired) electrons. The fraction of sp³-hybridized carbons (Fsp3) is 0.353. The van der Waals surface area contributed by atoms with Crippen LogP contribution < -0.4 is 4.74 Å². The molecule has 0 fully saturated rings. The molecule has 0 unspecified atom stereocenters. The number of aromatic nitrogens is 1. The molecule has 1 aromatic carbocycles. The Morgan fingerprint density at radius 3 is 2.90 bits per heavy atom. The van der Waals surface area contributed by atoms with E-state index in [1.807, 2.05) is 12.1 Å². The molecule has 1 aliphatic rings. The number of hydrogen-bond acceptors (Lipinski definition) is 3. The number of rotatable bonds is 5. The monoisotopic (exact) mass is 302 g/mol. The Bertz CT molecular complexity index is 603. The molecule has 0 spiro atoms. The number of alkyl halides is 1. The van der Waals surface area contributed by atoms with Crippen LogP contribution in [0.2, 0.25) is 0 Å². The van der Waals surface area contributed by atoms with Gasteiger partial charge in [0.2, 0.25) is 0 Å². The molecule has 2 heterocycles. The lowest BCUT2D eigenvalue weighted by molar-refractivity contribution is 0.196. The largest absolute Gasteiger partial charge is 0.492 e. The minimum Gasteiger partial charge on any atom is -0.492 e. The van der Waals surface area contributed by atoms with Gasteiger partial charge in [0.1, 0.15) is 12.4 Å². The maximum absolute atomic E-state index is 5.80. The highest BCUT2D eigenvalue weighted by Crippen LogP contribution is 2.18. The molecule has 1 aromatic heterocycles. The lowest BCUT2D eigenvalue weighted by atomic mass is 10.0. The van der Waals surface area contributed by atoms with Crippen LogP contribution in [0.3, 0.4) is 0 Å². The molecule has 0 saturated heterocycles. The first kappa shape index (κ1) is 14.4. The summed E-state index contributed by atoms with van der Waals surface area (Å²) in [6, 6.07) is 12.5. The van der Waals surface area contributed by atoms with Crippen molar-refractivity contribution in [3.63, 3.8) is 0 Å². The molecule has 4 heteroatoms. The van der Waals surface area contributed by atoms with E-state index in [1.165, 1.54) is 11.1 Å². The van der Waals surface area contributed by atoms with E-state index in [9.17, 15) is 0 Å². The highest BCUT2D eigenvalue weighted by Gasteiger charge is 2.15. The Morgan fingerprint density at radius 2 is 2.05 bits per heavy atom.